The molecule has 50 heavy (non-hydrogen) atoms. The third kappa shape index (κ3) is 4.56. The maximum absolute atomic E-state index is 6.77. The number of rotatable bonds is 4. The van der Waals surface area contributed by atoms with Crippen LogP contribution in [0.5, 0.6) is 11.5 Å². The summed E-state index contributed by atoms with van der Waals surface area (Å²) in [5.74, 6) is 3.10. The van der Waals surface area contributed by atoms with E-state index in [0.717, 1.165) is 71.9 Å². The van der Waals surface area contributed by atoms with Crippen LogP contribution in [-0.2, 0) is 0 Å². The zero-order valence-electron chi connectivity index (χ0n) is 26.6. The van der Waals surface area contributed by atoms with Gasteiger partial charge < -0.3 is 9.64 Å². The number of aromatic nitrogens is 5. The predicted molar refractivity (Wildman–Crippen MR) is 199 cm³/mol. The highest BCUT2D eigenvalue weighted by Crippen LogP contribution is 2.53. The molecule has 0 atom stereocenters. The average Bonchev–Trinajstić information content (AvgIpc) is 3.19. The van der Waals surface area contributed by atoms with Crippen LogP contribution >= 0.6 is 0 Å². The Labute approximate surface area is 287 Å². The zero-order valence-corrected chi connectivity index (χ0v) is 26.6. The topological polar surface area (TPSA) is 76.9 Å². The minimum atomic E-state index is 0.522. The number of ether oxygens (including phenoxy) is 1. The third-order valence-corrected chi connectivity index (χ3v) is 9.24. The number of fused-ring (bicyclic) bond motifs is 5. The fraction of sp³-hybridized carbons (Fsp3) is 0. The van der Waals surface area contributed by atoms with Crippen molar-refractivity contribution in [3.05, 3.63) is 158 Å². The molecule has 10 rings (SSSR count). The first kappa shape index (κ1) is 28.1. The maximum Gasteiger partial charge on any atom is 0.167 e. The van der Waals surface area contributed by atoms with Crippen LogP contribution in [0.25, 0.3) is 66.6 Å². The molecular formula is C43H26N6O. The second-order valence-electron chi connectivity index (χ2n) is 12.2. The highest BCUT2D eigenvalue weighted by atomic mass is 16.5. The fourth-order valence-corrected chi connectivity index (χ4v) is 6.92. The van der Waals surface area contributed by atoms with E-state index in [1.165, 1.54) is 0 Å². The van der Waals surface area contributed by atoms with Gasteiger partial charge in [0.1, 0.15) is 6.33 Å². The average molecular weight is 643 g/mol. The molecule has 7 nitrogen and oxygen atoms in total. The van der Waals surface area contributed by atoms with E-state index in [2.05, 4.69) is 99.8 Å². The summed E-state index contributed by atoms with van der Waals surface area (Å²) in [4.78, 5) is 26.5. The van der Waals surface area contributed by atoms with Crippen LogP contribution in [0.2, 0.25) is 0 Å². The first-order valence-corrected chi connectivity index (χ1v) is 16.4. The first-order chi connectivity index (χ1) is 24.8. The Kier molecular flexibility index (Phi) is 6.35. The van der Waals surface area contributed by atoms with Crippen molar-refractivity contribution in [3.8, 4) is 45.7 Å². The van der Waals surface area contributed by atoms with Gasteiger partial charge in [-0.2, -0.15) is 0 Å². The quantitative estimate of drug-likeness (QED) is 0.189. The van der Waals surface area contributed by atoms with Crippen LogP contribution < -0.4 is 9.64 Å². The van der Waals surface area contributed by atoms with Crippen molar-refractivity contribution in [1.82, 2.24) is 24.9 Å². The van der Waals surface area contributed by atoms with Gasteiger partial charge in [-0.1, -0.05) is 103 Å². The first-order valence-electron chi connectivity index (χ1n) is 16.4. The summed E-state index contributed by atoms with van der Waals surface area (Å²) in [5, 5.41) is 5.33. The molecule has 0 saturated heterocycles. The largest absolute Gasteiger partial charge is 0.452 e. The second-order valence-corrected chi connectivity index (χ2v) is 12.2. The summed E-state index contributed by atoms with van der Waals surface area (Å²) in [6.45, 7) is 0. The van der Waals surface area contributed by atoms with E-state index in [1.807, 2.05) is 66.9 Å². The molecule has 1 aliphatic rings. The zero-order chi connectivity index (χ0) is 33.0. The molecule has 0 N–H and O–H groups in total. The molecule has 234 valence electrons. The Morgan fingerprint density at radius 2 is 1.06 bits per heavy atom. The minimum absolute atomic E-state index is 0.522. The molecule has 0 spiro atoms. The van der Waals surface area contributed by atoms with Gasteiger partial charge in [0.15, 0.2) is 29.0 Å². The number of hydrogen-bond acceptors (Lipinski definition) is 7. The van der Waals surface area contributed by atoms with E-state index in [9.17, 15) is 0 Å². The van der Waals surface area contributed by atoms with Crippen LogP contribution in [0.3, 0.4) is 0 Å². The van der Waals surface area contributed by atoms with Gasteiger partial charge in [-0.05, 0) is 64.0 Å². The van der Waals surface area contributed by atoms with Gasteiger partial charge in [-0.3, -0.25) is 0 Å². The molecule has 0 fully saturated rings. The Bertz CT molecular complexity index is 2670. The van der Waals surface area contributed by atoms with Gasteiger partial charge in [0, 0.05) is 28.4 Å². The van der Waals surface area contributed by atoms with E-state index in [1.54, 1.807) is 6.33 Å². The molecule has 0 aliphatic carbocycles. The Hall–Kier alpha value is -6.99. The van der Waals surface area contributed by atoms with Gasteiger partial charge in [0.2, 0.25) is 0 Å². The second kappa shape index (κ2) is 11.3. The lowest BCUT2D eigenvalue weighted by atomic mass is 10.0. The molecule has 1 aliphatic heterocycles. The molecule has 0 bridgehead atoms. The Morgan fingerprint density at radius 3 is 1.80 bits per heavy atom. The summed E-state index contributed by atoms with van der Waals surface area (Å²) in [5.41, 5.74) is 6.27. The van der Waals surface area contributed by atoms with Crippen LogP contribution in [0, 0.1) is 0 Å². The smallest absolute Gasteiger partial charge is 0.167 e. The molecule has 9 aromatic rings. The van der Waals surface area contributed by atoms with E-state index in [-0.39, 0.29) is 0 Å². The molecule has 0 unspecified atom stereocenters. The van der Waals surface area contributed by atoms with Gasteiger partial charge in [0.05, 0.1) is 22.5 Å². The number of nitrogens with zero attached hydrogens (tertiary/aromatic N) is 6. The van der Waals surface area contributed by atoms with Gasteiger partial charge in [0.25, 0.3) is 0 Å². The number of benzene rings is 7. The van der Waals surface area contributed by atoms with Crippen LogP contribution in [0.15, 0.2) is 158 Å². The van der Waals surface area contributed by atoms with E-state index in [0.29, 0.717) is 23.2 Å². The number of para-hydroxylation sites is 3. The standard InChI is InChI=1S/C43H26N6O/c1-3-14-31-27(10-1)12-7-16-33(31)41-46-42(34-17-8-13-28-11-2-4-15-32(28)34)48-43(47-41)35-18-9-20-38-40(35)50-39-21-6-5-19-37(39)49(38)30-22-23-36-29(24-30)25-44-26-45-36/h1-26H. The molecule has 2 aromatic heterocycles. The fourth-order valence-electron chi connectivity index (χ4n) is 6.92. The highest BCUT2D eigenvalue weighted by Gasteiger charge is 2.29. The summed E-state index contributed by atoms with van der Waals surface area (Å²) >= 11 is 0. The minimum Gasteiger partial charge on any atom is -0.452 e. The predicted octanol–water partition coefficient (Wildman–Crippen LogP) is 10.7. The number of anilines is 3. The van der Waals surface area contributed by atoms with Crippen molar-refractivity contribution in [3.63, 3.8) is 0 Å². The highest BCUT2D eigenvalue weighted by molar-refractivity contribution is 5.98. The summed E-state index contributed by atoms with van der Waals surface area (Å²) in [7, 11) is 0. The van der Waals surface area contributed by atoms with Gasteiger partial charge in [-0.15, -0.1) is 0 Å². The monoisotopic (exact) mass is 642 g/mol. The van der Waals surface area contributed by atoms with Crippen molar-refractivity contribution in [1.29, 1.82) is 0 Å². The third-order valence-electron chi connectivity index (χ3n) is 9.24. The lowest BCUT2D eigenvalue weighted by molar-refractivity contribution is 0.478. The molecule has 0 radical (unpaired) electrons. The van der Waals surface area contributed by atoms with Gasteiger partial charge in [-0.25, -0.2) is 24.9 Å². The summed E-state index contributed by atoms with van der Waals surface area (Å²) in [6, 6.07) is 49.5. The molecular weight excluding hydrogens is 617 g/mol. The maximum atomic E-state index is 6.77. The molecule has 0 amide bonds. The molecule has 3 heterocycles. The van der Waals surface area contributed by atoms with E-state index < -0.39 is 0 Å². The van der Waals surface area contributed by atoms with Crippen molar-refractivity contribution in [2.24, 2.45) is 0 Å². The lowest BCUT2D eigenvalue weighted by Crippen LogP contribution is -2.16. The molecule has 7 heteroatoms. The van der Waals surface area contributed by atoms with Crippen LogP contribution in [0.1, 0.15) is 0 Å². The Balaban J connectivity index is 1.22. The normalized spacial score (nSPS) is 12.1. The van der Waals surface area contributed by atoms with Crippen LogP contribution in [-0.4, -0.2) is 24.9 Å². The van der Waals surface area contributed by atoms with Crippen molar-refractivity contribution < 1.29 is 4.74 Å². The summed E-state index contributed by atoms with van der Waals surface area (Å²) < 4.78 is 6.77. The Morgan fingerprint density at radius 1 is 0.480 bits per heavy atom. The van der Waals surface area contributed by atoms with E-state index in [4.69, 9.17) is 19.7 Å². The lowest BCUT2D eigenvalue weighted by Gasteiger charge is -2.33. The molecule has 7 aromatic carbocycles. The van der Waals surface area contributed by atoms with E-state index >= 15 is 0 Å². The SMILES string of the molecule is c1ccc2c(c1)Oc1c(-c3nc(-c4cccc5ccccc45)nc(-c4cccc5ccccc45)n3)cccc1N2c1ccc2ncncc2c1. The van der Waals surface area contributed by atoms with Crippen molar-refractivity contribution >= 4 is 49.5 Å². The van der Waals surface area contributed by atoms with Gasteiger partial charge >= 0.3 is 0 Å². The number of hydrogen-bond donors (Lipinski definition) is 0. The van der Waals surface area contributed by atoms with Crippen molar-refractivity contribution in [2.75, 3.05) is 4.90 Å². The summed E-state index contributed by atoms with van der Waals surface area (Å²) in [6.07, 6.45) is 3.41. The molecule has 0 saturated carbocycles. The van der Waals surface area contributed by atoms with Crippen LogP contribution in [0.4, 0.5) is 17.1 Å². The van der Waals surface area contributed by atoms with Crippen molar-refractivity contribution in [2.45, 2.75) is 0 Å².